The highest BCUT2D eigenvalue weighted by Gasteiger charge is 2.28. The van der Waals surface area contributed by atoms with E-state index in [1.807, 2.05) is 38.3 Å². The fraction of sp³-hybridized carbons (Fsp3) is 0.381. The number of aromatic nitrogens is 1. The van der Waals surface area contributed by atoms with Gasteiger partial charge in [0.2, 0.25) is 0 Å². The van der Waals surface area contributed by atoms with Crippen molar-refractivity contribution in [1.82, 2.24) is 9.71 Å². The van der Waals surface area contributed by atoms with Crippen LogP contribution < -0.4 is 15.6 Å². The van der Waals surface area contributed by atoms with E-state index in [-0.39, 0.29) is 18.1 Å². The fourth-order valence-corrected chi connectivity index (χ4v) is 5.74. The zero-order valence-electron chi connectivity index (χ0n) is 17.0. The van der Waals surface area contributed by atoms with E-state index in [2.05, 4.69) is 21.8 Å². The van der Waals surface area contributed by atoms with Crippen LogP contribution in [0.5, 0.6) is 0 Å². The first kappa shape index (κ1) is 21.0. The van der Waals surface area contributed by atoms with Crippen LogP contribution in [-0.2, 0) is 21.4 Å². The molecule has 0 radical (unpaired) electrons. The second-order valence-electron chi connectivity index (χ2n) is 7.92. The topological polar surface area (TPSA) is 120 Å². The molecule has 2 atom stereocenters. The van der Waals surface area contributed by atoms with Crippen molar-refractivity contribution in [2.75, 3.05) is 0 Å². The molecule has 0 spiro atoms. The molecule has 2 aliphatic rings. The zero-order valence-corrected chi connectivity index (χ0v) is 18.6. The van der Waals surface area contributed by atoms with Gasteiger partial charge in [0.25, 0.3) is 10.2 Å². The molecule has 0 saturated heterocycles. The van der Waals surface area contributed by atoms with Crippen molar-refractivity contribution in [2.45, 2.75) is 51.2 Å². The molecule has 160 valence electrons. The molecule has 2 aromatic rings. The number of fused-ring (bicyclic) bond motifs is 1. The summed E-state index contributed by atoms with van der Waals surface area (Å²) in [5.74, 6) is 0.865. The second-order valence-corrected chi connectivity index (χ2v) is 10.3. The van der Waals surface area contributed by atoms with E-state index < -0.39 is 10.2 Å². The number of nitrogens with one attached hydrogen (secondary N) is 1. The van der Waals surface area contributed by atoms with Gasteiger partial charge in [-0.3, -0.25) is 0 Å². The number of hydrogen-bond donors (Lipinski definition) is 3. The highest BCUT2D eigenvalue weighted by molar-refractivity contribution is 7.87. The van der Waals surface area contributed by atoms with E-state index in [0.717, 1.165) is 44.5 Å². The predicted octanol–water partition coefficient (Wildman–Crippen LogP) is 3.23. The summed E-state index contributed by atoms with van der Waals surface area (Å²) in [4.78, 5) is 5.73. The Labute approximate surface area is 181 Å². The molecule has 0 fully saturated rings. The third-order valence-corrected chi connectivity index (χ3v) is 7.06. The molecule has 1 aromatic carbocycles. The van der Waals surface area contributed by atoms with Crippen LogP contribution in [0, 0.1) is 0 Å². The summed E-state index contributed by atoms with van der Waals surface area (Å²) in [5, 5.41) is 6.18. The molecular weight excluding hydrogens is 420 g/mol. The highest BCUT2D eigenvalue weighted by atomic mass is 32.2. The highest BCUT2D eigenvalue weighted by Crippen LogP contribution is 2.41. The number of nitrogens with two attached hydrogens (primary N) is 2. The maximum absolute atomic E-state index is 11.5. The maximum Gasteiger partial charge on any atom is 0.274 e. The van der Waals surface area contributed by atoms with Crippen molar-refractivity contribution in [3.63, 3.8) is 0 Å². The minimum absolute atomic E-state index is 0.0824. The molecule has 30 heavy (non-hydrogen) atoms. The number of allylic oxidation sites excluding steroid dienone is 3. The summed E-state index contributed by atoms with van der Waals surface area (Å²) in [7, 11) is -3.75. The smallest absolute Gasteiger partial charge is 0.274 e. The zero-order chi connectivity index (χ0) is 21.5. The second kappa shape index (κ2) is 8.14. The number of thiazole rings is 1. The molecular formula is C21H26N4O3S2. The normalized spacial score (nSPS) is 21.3. The largest absolute Gasteiger partial charge is 0.489 e. The quantitative estimate of drug-likeness (QED) is 0.629. The van der Waals surface area contributed by atoms with Gasteiger partial charge >= 0.3 is 0 Å². The summed E-state index contributed by atoms with van der Waals surface area (Å²) in [5.41, 5.74) is 10.2. The van der Waals surface area contributed by atoms with Crippen molar-refractivity contribution in [1.29, 1.82) is 0 Å². The van der Waals surface area contributed by atoms with Crippen LogP contribution in [0.3, 0.4) is 0 Å². The average molecular weight is 447 g/mol. The van der Waals surface area contributed by atoms with Crippen LogP contribution in [0.15, 0.2) is 48.0 Å². The lowest BCUT2D eigenvalue weighted by atomic mass is 9.98. The van der Waals surface area contributed by atoms with Crippen molar-refractivity contribution < 1.29 is 13.2 Å². The van der Waals surface area contributed by atoms with E-state index in [0.29, 0.717) is 12.8 Å². The number of nitrogens with zero attached hydrogens (tertiary/aromatic N) is 1. The Morgan fingerprint density at radius 3 is 2.83 bits per heavy atom. The lowest BCUT2D eigenvalue weighted by Crippen LogP contribution is -2.33. The fourth-order valence-electron chi connectivity index (χ4n) is 4.04. The van der Waals surface area contributed by atoms with E-state index >= 15 is 0 Å². The van der Waals surface area contributed by atoms with Crippen molar-refractivity contribution >= 4 is 21.5 Å². The van der Waals surface area contributed by atoms with E-state index in [9.17, 15) is 8.42 Å². The molecule has 0 amide bonds. The van der Waals surface area contributed by atoms with Gasteiger partial charge in [-0.2, -0.15) is 13.1 Å². The number of benzene rings is 1. The van der Waals surface area contributed by atoms with Gasteiger partial charge in [0, 0.05) is 24.6 Å². The molecule has 0 saturated carbocycles. The Kier molecular flexibility index (Phi) is 5.71. The van der Waals surface area contributed by atoms with Crippen molar-refractivity contribution in [2.24, 2.45) is 10.9 Å². The van der Waals surface area contributed by atoms with E-state index in [4.69, 9.17) is 15.6 Å². The Hall–Kier alpha value is -2.20. The molecule has 2 aliphatic carbocycles. The van der Waals surface area contributed by atoms with Crippen LogP contribution >= 0.6 is 11.3 Å². The SMILES string of the molecule is CC(C)OC1=C(N)CC(c2ncc(-c3cccc4c3CC[C@@H]4NS(N)(=O)=O)s2)C=C1. The minimum Gasteiger partial charge on any atom is -0.489 e. The Balaban J connectivity index is 1.57. The summed E-state index contributed by atoms with van der Waals surface area (Å²) in [6.45, 7) is 3.96. The van der Waals surface area contributed by atoms with Gasteiger partial charge in [-0.05, 0) is 49.5 Å². The molecule has 9 heteroatoms. The molecule has 7 nitrogen and oxygen atoms in total. The van der Waals surface area contributed by atoms with Crippen LogP contribution in [0.4, 0.5) is 0 Å². The van der Waals surface area contributed by atoms with Gasteiger partial charge < -0.3 is 10.5 Å². The van der Waals surface area contributed by atoms with Gasteiger partial charge in [0.15, 0.2) is 0 Å². The van der Waals surface area contributed by atoms with Crippen LogP contribution in [0.25, 0.3) is 10.4 Å². The van der Waals surface area contributed by atoms with Crippen molar-refractivity contribution in [3.05, 3.63) is 64.1 Å². The molecule has 1 unspecified atom stereocenters. The lowest BCUT2D eigenvalue weighted by molar-refractivity contribution is 0.153. The molecule has 1 heterocycles. The van der Waals surface area contributed by atoms with Gasteiger partial charge in [0.1, 0.15) is 10.8 Å². The Morgan fingerprint density at radius 1 is 1.33 bits per heavy atom. The number of ether oxygens (including phenoxy) is 1. The van der Waals surface area contributed by atoms with Crippen LogP contribution in [0.2, 0.25) is 0 Å². The van der Waals surface area contributed by atoms with E-state index in [1.165, 1.54) is 0 Å². The standard InChI is InChI=1S/C21H26N4O3S2/c1-12(2)28-19-9-6-13(10-17(19)22)21-24-11-20(29-21)16-5-3-4-15-14(16)7-8-18(15)25-30(23,26)27/h3-6,9,11-13,18,25H,7-8,10,22H2,1-2H3,(H2,23,26,27)/t13?,18-/m0/s1. The molecule has 0 aliphatic heterocycles. The predicted molar refractivity (Wildman–Crippen MR) is 119 cm³/mol. The molecule has 5 N–H and O–H groups in total. The minimum atomic E-state index is -3.75. The monoisotopic (exact) mass is 446 g/mol. The van der Waals surface area contributed by atoms with Crippen LogP contribution in [0.1, 0.15) is 54.8 Å². The third-order valence-electron chi connectivity index (χ3n) is 5.28. The summed E-state index contributed by atoms with van der Waals surface area (Å²) in [6, 6.07) is 5.69. The summed E-state index contributed by atoms with van der Waals surface area (Å²) >= 11 is 1.65. The first-order valence-electron chi connectivity index (χ1n) is 9.92. The first-order chi connectivity index (χ1) is 14.2. The van der Waals surface area contributed by atoms with E-state index in [1.54, 1.807) is 11.3 Å². The van der Waals surface area contributed by atoms with Crippen LogP contribution in [-0.4, -0.2) is 19.5 Å². The summed E-state index contributed by atoms with van der Waals surface area (Å²) < 4.78 is 31.2. The molecule has 4 rings (SSSR count). The van der Waals surface area contributed by atoms with Gasteiger partial charge in [0.05, 0.1) is 16.7 Å². The maximum atomic E-state index is 11.5. The average Bonchev–Trinajstić information content (AvgIpc) is 3.29. The van der Waals surface area contributed by atoms with Gasteiger partial charge in [-0.1, -0.05) is 24.3 Å². The molecule has 0 bridgehead atoms. The number of hydrogen-bond acceptors (Lipinski definition) is 6. The Bertz CT molecular complexity index is 1120. The van der Waals surface area contributed by atoms with Crippen molar-refractivity contribution in [3.8, 4) is 10.4 Å². The van der Waals surface area contributed by atoms with Gasteiger partial charge in [-0.25, -0.2) is 10.1 Å². The van der Waals surface area contributed by atoms with Gasteiger partial charge in [-0.15, -0.1) is 11.3 Å². The number of rotatable bonds is 6. The summed E-state index contributed by atoms with van der Waals surface area (Å²) in [6.07, 6.45) is 8.18. The Morgan fingerprint density at radius 2 is 2.13 bits per heavy atom. The first-order valence-corrected chi connectivity index (χ1v) is 12.3. The third kappa shape index (κ3) is 4.44. The lowest BCUT2D eigenvalue weighted by Gasteiger charge is -2.20. The molecule has 1 aromatic heterocycles.